The molecule has 0 spiro atoms. The van der Waals surface area contributed by atoms with Gasteiger partial charge in [0.25, 0.3) is 5.56 Å². The number of para-hydroxylation sites is 1. The zero-order valence-corrected chi connectivity index (χ0v) is 26.7. The summed E-state index contributed by atoms with van der Waals surface area (Å²) in [5.74, 6) is 0.0571. The van der Waals surface area contributed by atoms with E-state index >= 15 is 0 Å². The fraction of sp³-hybridized carbons (Fsp3) is 0.378. The third-order valence-electron chi connectivity index (χ3n) is 10.3. The van der Waals surface area contributed by atoms with E-state index in [0.717, 1.165) is 11.1 Å². The maximum absolute atomic E-state index is 14.2. The lowest BCUT2D eigenvalue weighted by Gasteiger charge is -2.54. The number of amides is 1. The number of halogens is 1. The predicted octanol–water partition coefficient (Wildman–Crippen LogP) is 4.14. The Labute approximate surface area is 278 Å². The number of piperidine rings is 2. The van der Waals surface area contributed by atoms with Crippen LogP contribution in [0.25, 0.3) is 0 Å². The van der Waals surface area contributed by atoms with Gasteiger partial charge in [0, 0.05) is 31.5 Å². The van der Waals surface area contributed by atoms with Crippen LogP contribution in [0.2, 0.25) is 0 Å². The van der Waals surface area contributed by atoms with Crippen molar-refractivity contribution >= 4 is 11.6 Å². The van der Waals surface area contributed by atoms with Crippen molar-refractivity contribution in [1.29, 1.82) is 0 Å². The Morgan fingerprint density at radius 1 is 0.979 bits per heavy atom. The Hall–Kier alpha value is -4.58. The van der Waals surface area contributed by atoms with E-state index in [1.54, 1.807) is 24.3 Å². The quantitative estimate of drug-likeness (QED) is 0.291. The first-order chi connectivity index (χ1) is 23.2. The summed E-state index contributed by atoms with van der Waals surface area (Å²) in [6.45, 7) is 3.18. The minimum Gasteiger partial charge on any atom is -0.437 e. The highest BCUT2D eigenvalue weighted by Crippen LogP contribution is 2.43. The highest BCUT2D eigenvalue weighted by molar-refractivity contribution is 5.80. The molecule has 0 aliphatic carbocycles. The summed E-state index contributed by atoms with van der Waals surface area (Å²) in [4.78, 5) is 35.8. The summed E-state index contributed by atoms with van der Waals surface area (Å²) in [5, 5.41) is 11.5. The van der Waals surface area contributed by atoms with Gasteiger partial charge in [-0.3, -0.25) is 19.1 Å². The van der Waals surface area contributed by atoms with Crippen molar-refractivity contribution in [3.05, 3.63) is 119 Å². The summed E-state index contributed by atoms with van der Waals surface area (Å²) in [6.07, 6.45) is 2.64. The van der Waals surface area contributed by atoms with E-state index in [4.69, 9.17) is 15.2 Å². The number of benzene rings is 3. The summed E-state index contributed by atoms with van der Waals surface area (Å²) in [5.41, 5.74) is 6.04. The zero-order valence-electron chi connectivity index (χ0n) is 26.7. The SMILES string of the molecule is Nc1c(Oc2ccccc2)ncn(CC2(O)CCN(C(=O)[C@@H]3CCN(C4(c5ccc(F)cc5)COC4)C[C@H]3c3ccccc3)CC2)c1=O. The van der Waals surface area contributed by atoms with E-state index in [-0.39, 0.29) is 47.2 Å². The molecule has 3 aliphatic rings. The molecule has 0 radical (unpaired) electrons. The second kappa shape index (κ2) is 13.1. The lowest BCUT2D eigenvalue weighted by atomic mass is 9.76. The Kier molecular flexibility index (Phi) is 8.76. The molecule has 0 saturated carbocycles. The van der Waals surface area contributed by atoms with E-state index in [1.807, 2.05) is 41.3 Å². The number of hydrogen-bond donors (Lipinski definition) is 2. The number of carbonyl (C=O) groups is 1. The van der Waals surface area contributed by atoms with Crippen molar-refractivity contribution in [2.24, 2.45) is 5.92 Å². The number of ether oxygens (including phenoxy) is 2. The number of aromatic nitrogens is 2. The number of nitrogens with zero attached hydrogens (tertiary/aromatic N) is 4. The molecule has 0 unspecified atom stereocenters. The molecule has 0 bridgehead atoms. The molecule has 3 aliphatic heterocycles. The highest BCUT2D eigenvalue weighted by atomic mass is 19.1. The summed E-state index contributed by atoms with van der Waals surface area (Å²) < 4.78 is 26.5. The molecule has 11 heteroatoms. The van der Waals surface area contributed by atoms with Crippen molar-refractivity contribution in [2.45, 2.75) is 42.9 Å². The normalized spacial score (nSPS) is 22.1. The molecule has 1 aromatic heterocycles. The van der Waals surface area contributed by atoms with Crippen LogP contribution in [0.1, 0.15) is 36.3 Å². The molecular formula is C37H40FN5O5. The summed E-state index contributed by atoms with van der Waals surface area (Å²) >= 11 is 0. The van der Waals surface area contributed by atoms with Gasteiger partial charge in [-0.05, 0) is 61.2 Å². The van der Waals surface area contributed by atoms with Crippen LogP contribution >= 0.6 is 0 Å². The first-order valence-electron chi connectivity index (χ1n) is 16.5. The van der Waals surface area contributed by atoms with Gasteiger partial charge in [-0.25, -0.2) is 9.37 Å². The minimum absolute atomic E-state index is 0.00918. The van der Waals surface area contributed by atoms with Gasteiger partial charge < -0.3 is 25.2 Å². The number of nitrogens with two attached hydrogens (primary N) is 1. The molecule has 3 aromatic carbocycles. The maximum atomic E-state index is 14.2. The molecule has 4 heterocycles. The second-order valence-corrected chi connectivity index (χ2v) is 13.3. The lowest BCUT2D eigenvalue weighted by Crippen LogP contribution is -2.63. The van der Waals surface area contributed by atoms with Gasteiger partial charge in [-0.15, -0.1) is 0 Å². The summed E-state index contributed by atoms with van der Waals surface area (Å²) in [7, 11) is 0. The van der Waals surface area contributed by atoms with E-state index < -0.39 is 11.2 Å². The van der Waals surface area contributed by atoms with Crippen molar-refractivity contribution in [2.75, 3.05) is 45.1 Å². The zero-order chi connectivity index (χ0) is 33.3. The van der Waals surface area contributed by atoms with Gasteiger partial charge in [0.2, 0.25) is 11.8 Å². The van der Waals surface area contributed by atoms with E-state index in [2.05, 4.69) is 22.0 Å². The predicted molar refractivity (Wildman–Crippen MR) is 178 cm³/mol. The number of anilines is 1. The van der Waals surface area contributed by atoms with E-state index in [9.17, 15) is 19.1 Å². The number of likely N-dealkylation sites (tertiary alicyclic amines) is 2. The van der Waals surface area contributed by atoms with Gasteiger partial charge in [-0.1, -0.05) is 60.7 Å². The number of nitrogen functional groups attached to an aromatic ring is 1. The monoisotopic (exact) mass is 653 g/mol. The van der Waals surface area contributed by atoms with Crippen LogP contribution in [0.15, 0.2) is 96.1 Å². The minimum atomic E-state index is -1.20. The first kappa shape index (κ1) is 32.0. The van der Waals surface area contributed by atoms with Gasteiger partial charge in [0.1, 0.15) is 17.9 Å². The largest absolute Gasteiger partial charge is 0.437 e. The van der Waals surface area contributed by atoms with Crippen LogP contribution in [-0.2, 0) is 21.6 Å². The van der Waals surface area contributed by atoms with Crippen LogP contribution in [0.5, 0.6) is 11.6 Å². The average molecular weight is 654 g/mol. The van der Waals surface area contributed by atoms with Gasteiger partial charge >= 0.3 is 0 Å². The van der Waals surface area contributed by atoms with Crippen molar-refractivity contribution in [1.82, 2.24) is 19.4 Å². The van der Waals surface area contributed by atoms with E-state index in [1.165, 1.54) is 23.0 Å². The maximum Gasteiger partial charge on any atom is 0.280 e. The fourth-order valence-electron chi connectivity index (χ4n) is 7.40. The van der Waals surface area contributed by atoms with Crippen LogP contribution in [0.3, 0.4) is 0 Å². The van der Waals surface area contributed by atoms with E-state index in [0.29, 0.717) is 64.4 Å². The first-order valence-corrected chi connectivity index (χ1v) is 16.5. The molecule has 3 saturated heterocycles. The van der Waals surface area contributed by atoms with Gasteiger partial charge in [-0.2, -0.15) is 0 Å². The molecule has 7 rings (SSSR count). The molecule has 3 N–H and O–H groups in total. The van der Waals surface area contributed by atoms with Crippen LogP contribution in [0.4, 0.5) is 10.1 Å². The third-order valence-corrected chi connectivity index (χ3v) is 10.3. The molecule has 250 valence electrons. The van der Waals surface area contributed by atoms with Crippen molar-refractivity contribution in [3.8, 4) is 11.6 Å². The number of hydrogen-bond acceptors (Lipinski definition) is 8. The molecule has 10 nitrogen and oxygen atoms in total. The topological polar surface area (TPSA) is 123 Å². The Bertz CT molecular complexity index is 1790. The number of carbonyl (C=O) groups excluding carboxylic acids is 1. The van der Waals surface area contributed by atoms with Crippen LogP contribution in [0, 0.1) is 11.7 Å². The molecule has 3 fully saturated rings. The molecule has 1 amide bonds. The second-order valence-electron chi connectivity index (χ2n) is 13.3. The van der Waals surface area contributed by atoms with Gasteiger partial charge in [0.15, 0.2) is 5.69 Å². The van der Waals surface area contributed by atoms with Gasteiger partial charge in [0.05, 0.1) is 30.9 Å². The fourth-order valence-corrected chi connectivity index (χ4v) is 7.40. The number of rotatable bonds is 8. The van der Waals surface area contributed by atoms with Crippen molar-refractivity contribution < 1.29 is 23.8 Å². The van der Waals surface area contributed by atoms with Crippen molar-refractivity contribution in [3.63, 3.8) is 0 Å². The Balaban J connectivity index is 1.03. The Morgan fingerprint density at radius 3 is 2.29 bits per heavy atom. The standard InChI is InChI=1S/C37H40FN5O5/c38-28-13-11-27(12-14-28)37(23-47-24-37)43-18-15-30(31(21-43)26-7-3-1-4-8-26)34(44)41-19-16-36(46,17-20-41)22-42-25-40-33(32(39)35(42)45)48-29-9-5-2-6-10-29/h1-14,25,30-31,46H,15-24,39H2/t30-,31+/m1/s1. The molecular weight excluding hydrogens is 613 g/mol. The summed E-state index contributed by atoms with van der Waals surface area (Å²) in [6, 6.07) is 25.8. The molecule has 2 atom stereocenters. The van der Waals surface area contributed by atoms with Crippen LogP contribution in [-0.4, -0.2) is 75.4 Å². The highest BCUT2D eigenvalue weighted by Gasteiger charge is 2.50. The van der Waals surface area contributed by atoms with Crippen LogP contribution < -0.4 is 16.0 Å². The molecule has 4 aromatic rings. The third kappa shape index (κ3) is 6.21. The molecule has 48 heavy (non-hydrogen) atoms. The average Bonchev–Trinajstić information content (AvgIpc) is 3.09. The smallest absolute Gasteiger partial charge is 0.280 e. The lowest BCUT2D eigenvalue weighted by molar-refractivity contribution is -0.163. The Morgan fingerprint density at radius 2 is 1.65 bits per heavy atom. The number of aliphatic hydroxyl groups is 1.